The van der Waals surface area contributed by atoms with Crippen molar-refractivity contribution in [2.45, 2.75) is 4.90 Å². The number of anilines is 1. The topological polar surface area (TPSA) is 88.7 Å². The molecule has 0 unspecified atom stereocenters. The molecule has 0 spiro atoms. The Balaban J connectivity index is 2.13. The summed E-state index contributed by atoms with van der Waals surface area (Å²) in [6.07, 6.45) is 0. The molecule has 0 aliphatic carbocycles. The van der Waals surface area contributed by atoms with Gasteiger partial charge >= 0.3 is 0 Å². The highest BCUT2D eigenvalue weighted by Crippen LogP contribution is 2.30. The van der Waals surface area contributed by atoms with Crippen LogP contribution in [0.5, 0.6) is 11.5 Å². The molecule has 0 atom stereocenters. The van der Waals surface area contributed by atoms with Crippen molar-refractivity contribution >= 4 is 56.2 Å². The first kappa shape index (κ1) is 20.5. The molecule has 0 heterocycles. The maximum absolute atomic E-state index is 12.5. The Kier molecular flexibility index (Phi) is 6.90. The van der Waals surface area contributed by atoms with Crippen molar-refractivity contribution in [3.63, 3.8) is 0 Å². The summed E-state index contributed by atoms with van der Waals surface area (Å²) in [5.41, 5.74) is 2.82. The van der Waals surface area contributed by atoms with Crippen LogP contribution in [0.3, 0.4) is 0 Å². The lowest BCUT2D eigenvalue weighted by molar-refractivity contribution is 0.392. The van der Waals surface area contributed by atoms with E-state index in [1.165, 1.54) is 26.4 Å². The zero-order valence-electron chi connectivity index (χ0n) is 13.7. The molecule has 2 rings (SSSR count). The van der Waals surface area contributed by atoms with Gasteiger partial charge in [-0.05, 0) is 36.5 Å². The number of ether oxygens (including phenoxy) is 2. The molecular weight excluding hydrogens is 421 g/mol. The number of thiocarbonyl (C=S) groups is 1. The van der Waals surface area contributed by atoms with Gasteiger partial charge in [0, 0.05) is 6.07 Å². The Hall–Kier alpha value is -1.78. The first-order valence-electron chi connectivity index (χ1n) is 7.03. The predicted molar refractivity (Wildman–Crippen MR) is 106 cm³/mol. The zero-order chi connectivity index (χ0) is 19.3. The summed E-state index contributed by atoms with van der Waals surface area (Å²) in [5.74, 6) is 0.509. The van der Waals surface area contributed by atoms with Gasteiger partial charge in [-0.1, -0.05) is 29.3 Å². The van der Waals surface area contributed by atoms with Gasteiger partial charge in [0.15, 0.2) is 5.11 Å². The van der Waals surface area contributed by atoms with Gasteiger partial charge < -0.3 is 14.8 Å². The van der Waals surface area contributed by atoms with E-state index in [1.807, 2.05) is 0 Å². The van der Waals surface area contributed by atoms with Gasteiger partial charge in [0.1, 0.15) is 16.4 Å². The monoisotopic (exact) mass is 435 g/mol. The van der Waals surface area contributed by atoms with Crippen molar-refractivity contribution in [1.29, 1.82) is 0 Å². The molecule has 0 fully saturated rings. The second kappa shape index (κ2) is 8.74. The van der Waals surface area contributed by atoms with E-state index in [-0.39, 0.29) is 20.8 Å². The summed E-state index contributed by atoms with van der Waals surface area (Å²) in [6.45, 7) is 0. The average molecular weight is 436 g/mol. The van der Waals surface area contributed by atoms with E-state index in [4.69, 9.17) is 44.9 Å². The van der Waals surface area contributed by atoms with Crippen molar-refractivity contribution in [3.8, 4) is 11.5 Å². The Labute approximate surface area is 166 Å². The normalized spacial score (nSPS) is 10.9. The second-order valence-electron chi connectivity index (χ2n) is 4.80. The van der Waals surface area contributed by atoms with E-state index >= 15 is 0 Å². The van der Waals surface area contributed by atoms with Crippen LogP contribution in [-0.2, 0) is 10.0 Å². The Morgan fingerprint density at radius 3 is 2.50 bits per heavy atom. The zero-order valence-corrected chi connectivity index (χ0v) is 16.8. The predicted octanol–water partition coefficient (Wildman–Crippen LogP) is 3.19. The number of hydrazine groups is 1. The van der Waals surface area contributed by atoms with Gasteiger partial charge in [0.05, 0.1) is 30.0 Å². The third-order valence-electron chi connectivity index (χ3n) is 3.16. The second-order valence-corrected chi connectivity index (χ2v) is 7.65. The Morgan fingerprint density at radius 1 is 1.12 bits per heavy atom. The van der Waals surface area contributed by atoms with E-state index in [0.717, 1.165) is 0 Å². The van der Waals surface area contributed by atoms with Crippen LogP contribution in [0.25, 0.3) is 0 Å². The van der Waals surface area contributed by atoms with Gasteiger partial charge in [-0.3, -0.25) is 5.43 Å². The summed E-state index contributed by atoms with van der Waals surface area (Å²) < 4.78 is 35.2. The average Bonchev–Trinajstić information content (AvgIpc) is 2.63. The number of hydrogen-bond donors (Lipinski definition) is 3. The van der Waals surface area contributed by atoms with Crippen molar-refractivity contribution in [3.05, 3.63) is 46.4 Å². The first-order chi connectivity index (χ1) is 12.3. The van der Waals surface area contributed by atoms with E-state index in [1.54, 1.807) is 24.3 Å². The van der Waals surface area contributed by atoms with Crippen LogP contribution in [0.15, 0.2) is 41.3 Å². The quantitative estimate of drug-likeness (QED) is 0.474. The Bertz CT molecular complexity index is 923. The minimum Gasteiger partial charge on any atom is -0.497 e. The van der Waals surface area contributed by atoms with E-state index in [0.29, 0.717) is 16.5 Å². The minimum atomic E-state index is -3.99. The highest BCUT2D eigenvalue weighted by atomic mass is 35.5. The lowest BCUT2D eigenvalue weighted by Gasteiger charge is -2.15. The molecule has 0 aliphatic heterocycles. The third-order valence-corrected chi connectivity index (χ3v) is 5.45. The first-order valence-corrected chi connectivity index (χ1v) is 9.68. The van der Waals surface area contributed by atoms with Crippen molar-refractivity contribution < 1.29 is 17.9 Å². The molecule has 2 aromatic carbocycles. The van der Waals surface area contributed by atoms with Crippen LogP contribution >= 0.6 is 35.4 Å². The minimum absolute atomic E-state index is 0.0281. The number of benzene rings is 2. The number of hydrogen-bond acceptors (Lipinski definition) is 5. The van der Waals surface area contributed by atoms with Crippen molar-refractivity contribution in [2.75, 3.05) is 19.5 Å². The lowest BCUT2D eigenvalue weighted by Crippen LogP contribution is -2.43. The molecule has 0 saturated carbocycles. The summed E-state index contributed by atoms with van der Waals surface area (Å²) in [5, 5.41) is 3.31. The fourth-order valence-electron chi connectivity index (χ4n) is 1.92. The van der Waals surface area contributed by atoms with E-state index in [2.05, 4.69) is 15.6 Å². The van der Waals surface area contributed by atoms with Gasteiger partial charge in [0.2, 0.25) is 0 Å². The largest absolute Gasteiger partial charge is 0.497 e. The van der Waals surface area contributed by atoms with Crippen LogP contribution in [0.1, 0.15) is 0 Å². The molecule has 11 heteroatoms. The van der Waals surface area contributed by atoms with E-state index < -0.39 is 10.0 Å². The standard InChI is InChI=1S/C15H15Cl2N3O4S2/c1-23-9-6-7-12(24-2)13(8-9)26(21,22)20-19-15(25)18-11-5-3-4-10(16)14(11)17/h3-8,20H,1-2H3,(H2,18,19,25). The van der Waals surface area contributed by atoms with Crippen molar-refractivity contribution in [2.24, 2.45) is 0 Å². The number of rotatable bonds is 6. The number of sulfonamides is 1. The van der Waals surface area contributed by atoms with Crippen molar-refractivity contribution in [1.82, 2.24) is 10.3 Å². The molecule has 140 valence electrons. The molecule has 0 aromatic heterocycles. The molecule has 26 heavy (non-hydrogen) atoms. The highest BCUT2D eigenvalue weighted by molar-refractivity contribution is 7.89. The Morgan fingerprint density at radius 2 is 1.85 bits per heavy atom. The van der Waals surface area contributed by atoms with E-state index in [9.17, 15) is 8.42 Å². The summed E-state index contributed by atoms with van der Waals surface area (Å²) in [7, 11) is -1.20. The molecule has 0 saturated heterocycles. The maximum atomic E-state index is 12.5. The molecule has 0 bridgehead atoms. The van der Waals surface area contributed by atoms with Crippen LogP contribution in [-0.4, -0.2) is 27.7 Å². The third kappa shape index (κ3) is 4.89. The molecule has 2 aromatic rings. The molecule has 0 amide bonds. The maximum Gasteiger partial charge on any atom is 0.261 e. The van der Waals surface area contributed by atoms with Gasteiger partial charge in [-0.15, -0.1) is 4.83 Å². The SMILES string of the molecule is COc1ccc(OC)c(S(=O)(=O)NNC(=S)Nc2cccc(Cl)c2Cl)c1. The highest BCUT2D eigenvalue weighted by Gasteiger charge is 2.21. The molecule has 0 radical (unpaired) electrons. The number of halogens is 2. The number of nitrogens with one attached hydrogen (secondary N) is 3. The van der Waals surface area contributed by atoms with Crippen LogP contribution in [0, 0.1) is 0 Å². The fraction of sp³-hybridized carbons (Fsp3) is 0.133. The molecule has 0 aliphatic rings. The van der Waals surface area contributed by atoms with Crippen LogP contribution < -0.4 is 25.0 Å². The lowest BCUT2D eigenvalue weighted by atomic mass is 10.3. The molecular formula is C15H15Cl2N3O4S2. The van der Waals surface area contributed by atoms with Crippen LogP contribution in [0.2, 0.25) is 10.0 Å². The van der Waals surface area contributed by atoms with Crippen LogP contribution in [0.4, 0.5) is 5.69 Å². The number of methoxy groups -OCH3 is 2. The smallest absolute Gasteiger partial charge is 0.261 e. The summed E-state index contributed by atoms with van der Waals surface area (Å²) in [6, 6.07) is 9.32. The fourth-order valence-corrected chi connectivity index (χ4v) is 3.52. The molecule has 7 nitrogen and oxygen atoms in total. The molecule has 3 N–H and O–H groups in total. The van der Waals surface area contributed by atoms with Gasteiger partial charge in [-0.2, -0.15) is 0 Å². The van der Waals surface area contributed by atoms with Gasteiger partial charge in [0.25, 0.3) is 10.0 Å². The van der Waals surface area contributed by atoms with Gasteiger partial charge in [-0.25, -0.2) is 8.42 Å². The summed E-state index contributed by atoms with van der Waals surface area (Å²) >= 11 is 17.0. The summed E-state index contributed by atoms with van der Waals surface area (Å²) in [4.78, 5) is 2.05.